The standard InChI is InChI=1S/C13H20ClNO2/c1-9(2)13(3,17)8-15-7-10-4-11(14)6-12(16)5-10/h4-6,9,15-17H,7-8H2,1-3H3/t13-/m0/s1. The average Bonchev–Trinajstić information content (AvgIpc) is 2.15. The van der Waals surface area contributed by atoms with Crippen LogP contribution in [0.25, 0.3) is 0 Å². The summed E-state index contributed by atoms with van der Waals surface area (Å²) < 4.78 is 0. The molecular formula is C13H20ClNO2. The SMILES string of the molecule is CC(C)[C@@](C)(O)CNCc1cc(O)cc(Cl)c1. The van der Waals surface area contributed by atoms with Crippen molar-refractivity contribution in [1.29, 1.82) is 0 Å². The second-order valence-corrected chi connectivity index (χ2v) is 5.37. The summed E-state index contributed by atoms with van der Waals surface area (Å²) in [6.07, 6.45) is 0. The molecule has 0 aliphatic rings. The molecule has 0 aromatic heterocycles. The maximum atomic E-state index is 10.0. The fourth-order valence-corrected chi connectivity index (χ4v) is 1.65. The maximum Gasteiger partial charge on any atom is 0.117 e. The van der Waals surface area contributed by atoms with Crippen LogP contribution in [0.3, 0.4) is 0 Å². The van der Waals surface area contributed by atoms with Gasteiger partial charge in [0.25, 0.3) is 0 Å². The minimum atomic E-state index is -0.735. The van der Waals surface area contributed by atoms with Crippen LogP contribution in [0.2, 0.25) is 5.02 Å². The minimum absolute atomic E-state index is 0.157. The molecule has 1 aromatic rings. The lowest BCUT2D eigenvalue weighted by atomic mass is 9.92. The van der Waals surface area contributed by atoms with E-state index in [0.717, 1.165) is 5.56 Å². The second kappa shape index (κ2) is 5.71. The first-order valence-corrected chi connectivity index (χ1v) is 6.10. The summed E-state index contributed by atoms with van der Waals surface area (Å²) in [6.45, 7) is 6.83. The van der Waals surface area contributed by atoms with Gasteiger partial charge in [-0.25, -0.2) is 0 Å². The number of aromatic hydroxyl groups is 1. The lowest BCUT2D eigenvalue weighted by molar-refractivity contribution is 0.0140. The van der Waals surface area contributed by atoms with Crippen LogP contribution in [-0.4, -0.2) is 22.4 Å². The molecule has 0 aliphatic carbocycles. The number of halogens is 1. The molecule has 3 N–H and O–H groups in total. The molecule has 1 atom stereocenters. The molecule has 0 fully saturated rings. The lowest BCUT2D eigenvalue weighted by Crippen LogP contribution is -2.41. The molecule has 0 bridgehead atoms. The highest BCUT2D eigenvalue weighted by atomic mass is 35.5. The smallest absolute Gasteiger partial charge is 0.117 e. The van der Waals surface area contributed by atoms with Gasteiger partial charge in [-0.15, -0.1) is 0 Å². The van der Waals surface area contributed by atoms with E-state index in [0.29, 0.717) is 18.1 Å². The second-order valence-electron chi connectivity index (χ2n) is 4.93. The summed E-state index contributed by atoms with van der Waals surface area (Å²) in [5, 5.41) is 23.1. The number of rotatable bonds is 5. The van der Waals surface area contributed by atoms with Crippen molar-refractivity contribution >= 4 is 11.6 Å². The Kier molecular flexibility index (Phi) is 4.80. The Morgan fingerprint density at radius 3 is 2.53 bits per heavy atom. The summed E-state index contributed by atoms with van der Waals surface area (Å²) in [7, 11) is 0. The van der Waals surface area contributed by atoms with Gasteiger partial charge in [0.15, 0.2) is 0 Å². The van der Waals surface area contributed by atoms with Crippen molar-refractivity contribution in [2.24, 2.45) is 5.92 Å². The van der Waals surface area contributed by atoms with Crippen molar-refractivity contribution in [2.45, 2.75) is 32.9 Å². The van der Waals surface area contributed by atoms with Crippen molar-refractivity contribution in [1.82, 2.24) is 5.32 Å². The molecule has 3 nitrogen and oxygen atoms in total. The van der Waals surface area contributed by atoms with Gasteiger partial charge in [-0.05, 0) is 36.6 Å². The Morgan fingerprint density at radius 1 is 1.35 bits per heavy atom. The van der Waals surface area contributed by atoms with E-state index in [1.54, 1.807) is 19.1 Å². The molecule has 96 valence electrons. The van der Waals surface area contributed by atoms with Crippen LogP contribution < -0.4 is 5.32 Å². The van der Waals surface area contributed by atoms with Crippen molar-refractivity contribution in [3.63, 3.8) is 0 Å². The van der Waals surface area contributed by atoms with Gasteiger partial charge in [0.05, 0.1) is 5.60 Å². The van der Waals surface area contributed by atoms with Crippen LogP contribution in [0.5, 0.6) is 5.75 Å². The number of aliphatic hydroxyl groups is 1. The molecule has 0 amide bonds. The topological polar surface area (TPSA) is 52.5 Å². The largest absolute Gasteiger partial charge is 0.508 e. The van der Waals surface area contributed by atoms with E-state index < -0.39 is 5.60 Å². The number of phenols is 1. The maximum absolute atomic E-state index is 10.0. The fraction of sp³-hybridized carbons (Fsp3) is 0.538. The highest BCUT2D eigenvalue weighted by Gasteiger charge is 2.23. The number of benzene rings is 1. The van der Waals surface area contributed by atoms with Crippen molar-refractivity contribution < 1.29 is 10.2 Å². The predicted molar refractivity (Wildman–Crippen MR) is 70.3 cm³/mol. The van der Waals surface area contributed by atoms with Gasteiger partial charge in [0.1, 0.15) is 5.75 Å². The van der Waals surface area contributed by atoms with Crippen LogP contribution in [-0.2, 0) is 6.54 Å². The number of hydrogen-bond donors (Lipinski definition) is 3. The summed E-state index contributed by atoms with van der Waals surface area (Å²) in [5.41, 5.74) is 0.162. The monoisotopic (exact) mass is 257 g/mol. The van der Waals surface area contributed by atoms with Gasteiger partial charge in [-0.1, -0.05) is 25.4 Å². The molecule has 4 heteroatoms. The van der Waals surface area contributed by atoms with E-state index in [1.165, 1.54) is 6.07 Å². The number of nitrogens with one attached hydrogen (secondary N) is 1. The number of phenolic OH excluding ortho intramolecular Hbond substituents is 1. The van der Waals surface area contributed by atoms with Crippen LogP contribution in [0, 0.1) is 5.92 Å². The van der Waals surface area contributed by atoms with Crippen LogP contribution in [0.1, 0.15) is 26.3 Å². The first kappa shape index (κ1) is 14.3. The zero-order chi connectivity index (χ0) is 13.1. The molecule has 0 saturated carbocycles. The van der Waals surface area contributed by atoms with Crippen LogP contribution in [0.4, 0.5) is 0 Å². The van der Waals surface area contributed by atoms with Crippen LogP contribution in [0.15, 0.2) is 18.2 Å². The van der Waals surface area contributed by atoms with Gasteiger partial charge in [-0.3, -0.25) is 0 Å². The van der Waals surface area contributed by atoms with E-state index >= 15 is 0 Å². The van der Waals surface area contributed by atoms with E-state index in [4.69, 9.17) is 11.6 Å². The van der Waals surface area contributed by atoms with Gasteiger partial charge >= 0.3 is 0 Å². The van der Waals surface area contributed by atoms with Crippen molar-refractivity contribution in [2.75, 3.05) is 6.54 Å². The molecule has 0 heterocycles. The third-order valence-electron chi connectivity index (χ3n) is 3.00. The quantitative estimate of drug-likeness (QED) is 0.760. The zero-order valence-corrected chi connectivity index (χ0v) is 11.3. The third kappa shape index (κ3) is 4.54. The molecule has 0 spiro atoms. The summed E-state index contributed by atoms with van der Waals surface area (Å²) in [6, 6.07) is 4.94. The summed E-state index contributed by atoms with van der Waals surface area (Å²) >= 11 is 5.83. The van der Waals surface area contributed by atoms with Crippen LogP contribution >= 0.6 is 11.6 Å². The first-order valence-electron chi connectivity index (χ1n) is 5.73. The van der Waals surface area contributed by atoms with E-state index in [-0.39, 0.29) is 11.7 Å². The molecule has 0 aliphatic heterocycles. The Morgan fingerprint density at radius 2 is 2.00 bits per heavy atom. The van der Waals surface area contributed by atoms with Crippen molar-refractivity contribution in [3.05, 3.63) is 28.8 Å². The third-order valence-corrected chi connectivity index (χ3v) is 3.22. The molecule has 1 aromatic carbocycles. The molecule has 0 radical (unpaired) electrons. The summed E-state index contributed by atoms with van der Waals surface area (Å²) in [4.78, 5) is 0. The van der Waals surface area contributed by atoms with Gasteiger partial charge < -0.3 is 15.5 Å². The zero-order valence-electron chi connectivity index (χ0n) is 10.5. The van der Waals surface area contributed by atoms with E-state index in [2.05, 4.69) is 5.32 Å². The highest BCUT2D eigenvalue weighted by molar-refractivity contribution is 6.30. The lowest BCUT2D eigenvalue weighted by Gasteiger charge is -2.28. The molecule has 1 rings (SSSR count). The Bertz CT molecular complexity index is 357. The number of hydrogen-bond acceptors (Lipinski definition) is 3. The van der Waals surface area contributed by atoms with Gasteiger partial charge in [-0.2, -0.15) is 0 Å². The van der Waals surface area contributed by atoms with Gasteiger partial charge in [0.2, 0.25) is 0 Å². The molecule has 17 heavy (non-hydrogen) atoms. The first-order chi connectivity index (χ1) is 7.81. The summed E-state index contributed by atoms with van der Waals surface area (Å²) in [5.74, 6) is 0.340. The highest BCUT2D eigenvalue weighted by Crippen LogP contribution is 2.20. The normalized spacial score (nSPS) is 14.9. The molecular weight excluding hydrogens is 238 g/mol. The van der Waals surface area contributed by atoms with E-state index in [1.807, 2.05) is 13.8 Å². The van der Waals surface area contributed by atoms with Gasteiger partial charge in [0, 0.05) is 18.1 Å². The Hall–Kier alpha value is -0.770. The Labute approximate surface area is 107 Å². The van der Waals surface area contributed by atoms with E-state index in [9.17, 15) is 10.2 Å². The Balaban J connectivity index is 2.51. The molecule has 0 unspecified atom stereocenters. The minimum Gasteiger partial charge on any atom is -0.508 e. The predicted octanol–water partition coefficient (Wildman–Crippen LogP) is 2.54. The fourth-order valence-electron chi connectivity index (χ4n) is 1.40. The van der Waals surface area contributed by atoms with Crippen molar-refractivity contribution in [3.8, 4) is 5.75 Å². The molecule has 0 saturated heterocycles. The average molecular weight is 258 g/mol.